The number of amides is 1. The second-order valence-corrected chi connectivity index (χ2v) is 10.3. The lowest BCUT2D eigenvalue weighted by atomic mass is 9.90. The van der Waals surface area contributed by atoms with Crippen molar-refractivity contribution in [3.63, 3.8) is 0 Å². The normalized spacial score (nSPS) is 15.8. The molecular formula is C21H25BrN2O3S. The van der Waals surface area contributed by atoms with Crippen LogP contribution in [0.3, 0.4) is 0 Å². The quantitative estimate of drug-likeness (QED) is 0.675. The Kier molecular flexibility index (Phi) is 6.58. The van der Waals surface area contributed by atoms with Gasteiger partial charge in [0, 0.05) is 37.2 Å². The second-order valence-electron chi connectivity index (χ2n) is 7.36. The summed E-state index contributed by atoms with van der Waals surface area (Å²) in [7, 11) is -0.662. The zero-order valence-corrected chi connectivity index (χ0v) is 18.5. The summed E-state index contributed by atoms with van der Waals surface area (Å²) < 4.78 is 26.6. The third-order valence-corrected chi connectivity index (χ3v) is 8.01. The average Bonchev–Trinajstić information content (AvgIpc) is 2.69. The SMILES string of the molecule is CN(C)S(=O)(=O)c1cc(C(=O)N2CCC(Cc3ccccc3)CC2)ccc1Br. The molecule has 0 saturated carbocycles. The zero-order valence-electron chi connectivity index (χ0n) is 16.1. The summed E-state index contributed by atoms with van der Waals surface area (Å²) >= 11 is 3.29. The zero-order chi connectivity index (χ0) is 20.3. The Bertz CT molecular complexity index is 937. The fraction of sp³-hybridized carbons (Fsp3) is 0.381. The van der Waals surface area contributed by atoms with Crippen LogP contribution in [0, 0.1) is 5.92 Å². The molecule has 150 valence electrons. The molecule has 7 heteroatoms. The lowest BCUT2D eigenvalue weighted by Gasteiger charge is -2.32. The molecule has 2 aromatic rings. The lowest BCUT2D eigenvalue weighted by molar-refractivity contribution is 0.0690. The first-order valence-corrected chi connectivity index (χ1v) is 11.6. The van der Waals surface area contributed by atoms with Crippen LogP contribution in [0.5, 0.6) is 0 Å². The minimum absolute atomic E-state index is 0.110. The molecule has 2 aromatic carbocycles. The average molecular weight is 465 g/mol. The number of carbonyl (C=O) groups excluding carboxylic acids is 1. The van der Waals surface area contributed by atoms with E-state index in [0.29, 0.717) is 29.0 Å². The van der Waals surface area contributed by atoms with Gasteiger partial charge in [-0.05, 0) is 64.9 Å². The lowest BCUT2D eigenvalue weighted by Crippen LogP contribution is -2.39. The fourth-order valence-electron chi connectivity index (χ4n) is 3.50. The number of likely N-dealkylation sites (tertiary alicyclic amines) is 1. The molecule has 3 rings (SSSR count). The van der Waals surface area contributed by atoms with Gasteiger partial charge in [0.2, 0.25) is 10.0 Å². The van der Waals surface area contributed by atoms with Crippen molar-refractivity contribution in [1.82, 2.24) is 9.21 Å². The molecule has 0 radical (unpaired) electrons. The molecule has 0 unspecified atom stereocenters. The van der Waals surface area contributed by atoms with Gasteiger partial charge in [0.05, 0.1) is 4.90 Å². The molecule has 0 aliphatic carbocycles. The van der Waals surface area contributed by atoms with Gasteiger partial charge in [0.1, 0.15) is 0 Å². The van der Waals surface area contributed by atoms with E-state index in [1.165, 1.54) is 25.7 Å². The Balaban J connectivity index is 1.69. The minimum Gasteiger partial charge on any atom is -0.339 e. The van der Waals surface area contributed by atoms with Crippen molar-refractivity contribution in [1.29, 1.82) is 0 Å². The van der Waals surface area contributed by atoms with Gasteiger partial charge in [-0.25, -0.2) is 12.7 Å². The van der Waals surface area contributed by atoms with E-state index >= 15 is 0 Å². The Morgan fingerprint density at radius 3 is 2.36 bits per heavy atom. The summed E-state index contributed by atoms with van der Waals surface area (Å²) in [6.07, 6.45) is 2.95. The van der Waals surface area contributed by atoms with E-state index in [2.05, 4.69) is 40.2 Å². The molecular weight excluding hydrogens is 440 g/mol. The summed E-state index contributed by atoms with van der Waals surface area (Å²) in [4.78, 5) is 14.9. The summed E-state index contributed by atoms with van der Waals surface area (Å²) in [6, 6.07) is 15.2. The van der Waals surface area contributed by atoms with Crippen LogP contribution in [0.4, 0.5) is 0 Å². The predicted octanol–water partition coefficient (Wildman–Crippen LogP) is 3.79. The van der Waals surface area contributed by atoms with Crippen molar-refractivity contribution in [2.75, 3.05) is 27.2 Å². The number of benzene rings is 2. The van der Waals surface area contributed by atoms with Crippen LogP contribution < -0.4 is 0 Å². The Labute approximate surface area is 175 Å². The minimum atomic E-state index is -3.62. The van der Waals surface area contributed by atoms with Crippen molar-refractivity contribution in [3.8, 4) is 0 Å². The molecule has 1 heterocycles. The number of rotatable bonds is 5. The maximum Gasteiger partial charge on any atom is 0.253 e. The first kappa shape index (κ1) is 21.0. The third-order valence-electron chi connectivity index (χ3n) is 5.21. The molecule has 1 aliphatic rings. The van der Waals surface area contributed by atoms with E-state index in [1.807, 2.05) is 11.0 Å². The highest BCUT2D eigenvalue weighted by Crippen LogP contribution is 2.27. The van der Waals surface area contributed by atoms with Gasteiger partial charge >= 0.3 is 0 Å². The van der Waals surface area contributed by atoms with Crippen LogP contribution in [0.1, 0.15) is 28.8 Å². The summed E-state index contributed by atoms with van der Waals surface area (Å²) in [5.74, 6) is 0.460. The highest BCUT2D eigenvalue weighted by Gasteiger charge is 2.26. The van der Waals surface area contributed by atoms with Crippen molar-refractivity contribution in [2.24, 2.45) is 5.92 Å². The summed E-state index contributed by atoms with van der Waals surface area (Å²) in [5.41, 5.74) is 1.74. The molecule has 0 atom stereocenters. The second kappa shape index (κ2) is 8.76. The van der Waals surface area contributed by atoms with Crippen molar-refractivity contribution >= 4 is 31.9 Å². The van der Waals surface area contributed by atoms with Crippen molar-refractivity contribution in [3.05, 3.63) is 64.1 Å². The topological polar surface area (TPSA) is 57.7 Å². The monoisotopic (exact) mass is 464 g/mol. The van der Waals surface area contributed by atoms with E-state index < -0.39 is 10.0 Å². The van der Waals surface area contributed by atoms with E-state index in [1.54, 1.807) is 12.1 Å². The number of halogens is 1. The number of carbonyl (C=O) groups is 1. The van der Waals surface area contributed by atoms with Crippen molar-refractivity contribution < 1.29 is 13.2 Å². The first-order chi connectivity index (χ1) is 13.3. The van der Waals surface area contributed by atoms with Crippen LogP contribution in [-0.4, -0.2) is 50.7 Å². The predicted molar refractivity (Wildman–Crippen MR) is 114 cm³/mol. The molecule has 28 heavy (non-hydrogen) atoms. The molecule has 5 nitrogen and oxygen atoms in total. The van der Waals surface area contributed by atoms with E-state index in [9.17, 15) is 13.2 Å². The molecule has 0 bridgehead atoms. The summed E-state index contributed by atoms with van der Waals surface area (Å²) in [6.45, 7) is 1.39. The van der Waals surface area contributed by atoms with Crippen LogP contribution in [0.15, 0.2) is 57.9 Å². The van der Waals surface area contributed by atoms with Gasteiger partial charge in [0.25, 0.3) is 5.91 Å². The Morgan fingerprint density at radius 1 is 1.11 bits per heavy atom. The van der Waals surface area contributed by atoms with Gasteiger partial charge < -0.3 is 4.90 Å². The van der Waals surface area contributed by atoms with Gasteiger partial charge in [-0.3, -0.25) is 4.79 Å². The fourth-order valence-corrected chi connectivity index (χ4v) is 5.35. The number of hydrogen-bond donors (Lipinski definition) is 0. The van der Waals surface area contributed by atoms with E-state index in [-0.39, 0.29) is 10.8 Å². The molecule has 1 amide bonds. The molecule has 0 spiro atoms. The Morgan fingerprint density at radius 2 is 1.75 bits per heavy atom. The van der Waals surface area contributed by atoms with E-state index in [0.717, 1.165) is 23.6 Å². The van der Waals surface area contributed by atoms with Gasteiger partial charge in [-0.2, -0.15) is 0 Å². The molecule has 1 aliphatic heterocycles. The summed E-state index contributed by atoms with van der Waals surface area (Å²) in [5, 5.41) is 0. The molecule has 1 saturated heterocycles. The van der Waals surface area contributed by atoms with Crippen molar-refractivity contribution in [2.45, 2.75) is 24.2 Å². The third kappa shape index (κ3) is 4.64. The molecule has 1 fully saturated rings. The smallest absolute Gasteiger partial charge is 0.253 e. The molecule has 0 N–H and O–H groups in total. The van der Waals surface area contributed by atoms with Gasteiger partial charge in [-0.15, -0.1) is 0 Å². The van der Waals surface area contributed by atoms with E-state index in [4.69, 9.17) is 0 Å². The van der Waals surface area contributed by atoms with Crippen LogP contribution in [0.25, 0.3) is 0 Å². The number of nitrogens with zero attached hydrogens (tertiary/aromatic N) is 2. The standard InChI is InChI=1S/C21H25BrN2O3S/c1-23(2)28(26,27)20-15-18(8-9-19(20)22)21(25)24-12-10-17(11-13-24)14-16-6-4-3-5-7-16/h3-9,15,17H,10-14H2,1-2H3. The maximum absolute atomic E-state index is 12.9. The highest BCUT2D eigenvalue weighted by molar-refractivity contribution is 9.10. The number of piperidine rings is 1. The largest absolute Gasteiger partial charge is 0.339 e. The Hall–Kier alpha value is -1.70. The molecule has 0 aromatic heterocycles. The van der Waals surface area contributed by atoms with Gasteiger partial charge in [-0.1, -0.05) is 30.3 Å². The number of hydrogen-bond acceptors (Lipinski definition) is 3. The van der Waals surface area contributed by atoms with Crippen LogP contribution >= 0.6 is 15.9 Å². The van der Waals surface area contributed by atoms with Crippen LogP contribution in [-0.2, 0) is 16.4 Å². The van der Waals surface area contributed by atoms with Crippen LogP contribution in [0.2, 0.25) is 0 Å². The maximum atomic E-state index is 12.9. The first-order valence-electron chi connectivity index (χ1n) is 9.34. The van der Waals surface area contributed by atoms with Gasteiger partial charge in [0.15, 0.2) is 0 Å². The number of sulfonamides is 1. The highest BCUT2D eigenvalue weighted by atomic mass is 79.9.